The highest BCUT2D eigenvalue weighted by Gasteiger charge is 2.27. The summed E-state index contributed by atoms with van der Waals surface area (Å²) in [7, 11) is -3.12. The number of aromatic nitrogens is 3. The molecule has 0 radical (unpaired) electrons. The van der Waals surface area contributed by atoms with Gasteiger partial charge < -0.3 is 9.47 Å². The Morgan fingerprint density at radius 2 is 1.71 bits per heavy atom. The zero-order valence-electron chi connectivity index (χ0n) is 13.9. The quantitative estimate of drug-likeness (QED) is 0.791. The molecule has 0 amide bonds. The lowest BCUT2D eigenvalue weighted by Crippen LogP contribution is -2.49. The van der Waals surface area contributed by atoms with E-state index >= 15 is 0 Å². The van der Waals surface area contributed by atoms with Crippen molar-refractivity contribution in [3.8, 4) is 5.82 Å². The van der Waals surface area contributed by atoms with Crippen molar-refractivity contribution in [2.75, 3.05) is 36.8 Å². The summed E-state index contributed by atoms with van der Waals surface area (Å²) in [4.78, 5) is 10.7. The van der Waals surface area contributed by atoms with E-state index in [1.54, 1.807) is 10.6 Å². The summed E-state index contributed by atoms with van der Waals surface area (Å²) in [5.41, 5.74) is 0. The molecule has 8 heteroatoms. The molecule has 0 N–H and O–H groups in total. The molecule has 24 heavy (non-hydrogen) atoms. The van der Waals surface area contributed by atoms with Crippen LogP contribution in [0.15, 0.2) is 36.9 Å². The number of rotatable bonds is 6. The molecule has 1 saturated heterocycles. The summed E-state index contributed by atoms with van der Waals surface area (Å²) in [5, 5.41) is 0. The highest BCUT2D eigenvalue weighted by Crippen LogP contribution is 2.18. The lowest BCUT2D eigenvalue weighted by molar-refractivity contribution is 0.383. The fourth-order valence-electron chi connectivity index (χ4n) is 2.79. The van der Waals surface area contributed by atoms with E-state index in [0.717, 1.165) is 18.1 Å². The van der Waals surface area contributed by atoms with Crippen molar-refractivity contribution in [1.82, 2.24) is 18.8 Å². The second kappa shape index (κ2) is 7.31. The van der Waals surface area contributed by atoms with E-state index in [4.69, 9.17) is 0 Å². The van der Waals surface area contributed by atoms with E-state index in [1.165, 1.54) is 0 Å². The van der Waals surface area contributed by atoms with Gasteiger partial charge in [-0.1, -0.05) is 13.3 Å². The number of hydrogen-bond donors (Lipinski definition) is 0. The summed E-state index contributed by atoms with van der Waals surface area (Å²) < 4.78 is 28.1. The van der Waals surface area contributed by atoms with Gasteiger partial charge in [-0.2, -0.15) is 4.31 Å². The van der Waals surface area contributed by atoms with Crippen LogP contribution in [0, 0.1) is 0 Å². The van der Waals surface area contributed by atoms with Gasteiger partial charge in [0.25, 0.3) is 0 Å². The molecule has 0 unspecified atom stereocenters. The normalized spacial score (nSPS) is 16.5. The van der Waals surface area contributed by atoms with Crippen molar-refractivity contribution in [2.24, 2.45) is 0 Å². The predicted molar refractivity (Wildman–Crippen MR) is 93.8 cm³/mol. The van der Waals surface area contributed by atoms with Crippen LogP contribution in [0.1, 0.15) is 19.8 Å². The highest BCUT2D eigenvalue weighted by atomic mass is 32.2. The van der Waals surface area contributed by atoms with Crippen molar-refractivity contribution in [3.05, 3.63) is 36.9 Å². The maximum absolute atomic E-state index is 12.3. The predicted octanol–water partition coefficient (Wildman–Crippen LogP) is 1.52. The first-order chi connectivity index (χ1) is 11.6. The minimum Gasteiger partial charge on any atom is -0.354 e. The van der Waals surface area contributed by atoms with Gasteiger partial charge in [0.1, 0.15) is 18.0 Å². The zero-order chi connectivity index (χ0) is 17.0. The summed E-state index contributed by atoms with van der Waals surface area (Å²) in [6.07, 6.45) is 7.03. The monoisotopic (exact) mass is 349 g/mol. The molecule has 1 aliphatic rings. The molecule has 0 spiro atoms. The molecule has 130 valence electrons. The fraction of sp³-hybridized carbons (Fsp3) is 0.500. The number of unbranched alkanes of at least 4 members (excludes halogenated alkanes) is 1. The molecule has 2 aromatic heterocycles. The summed E-state index contributed by atoms with van der Waals surface area (Å²) in [6, 6.07) is 5.82. The van der Waals surface area contributed by atoms with Gasteiger partial charge in [0.2, 0.25) is 10.0 Å². The second-order valence-electron chi connectivity index (χ2n) is 5.88. The van der Waals surface area contributed by atoms with Crippen molar-refractivity contribution >= 4 is 15.8 Å². The largest absolute Gasteiger partial charge is 0.354 e. The van der Waals surface area contributed by atoms with Crippen LogP contribution >= 0.6 is 0 Å². The molecule has 0 bridgehead atoms. The molecule has 0 aromatic carbocycles. The molecular weight excluding hydrogens is 326 g/mol. The average Bonchev–Trinajstić information content (AvgIpc) is 3.15. The van der Waals surface area contributed by atoms with E-state index in [1.807, 2.05) is 42.1 Å². The third-order valence-corrected chi connectivity index (χ3v) is 6.18. The van der Waals surface area contributed by atoms with E-state index in [-0.39, 0.29) is 5.75 Å². The summed E-state index contributed by atoms with van der Waals surface area (Å²) >= 11 is 0. The Bertz CT molecular complexity index is 753. The first kappa shape index (κ1) is 16.9. The number of piperazine rings is 1. The van der Waals surface area contributed by atoms with E-state index in [2.05, 4.69) is 14.9 Å². The maximum atomic E-state index is 12.3. The van der Waals surface area contributed by atoms with Crippen molar-refractivity contribution < 1.29 is 8.42 Å². The molecule has 7 nitrogen and oxygen atoms in total. The smallest absolute Gasteiger partial charge is 0.214 e. The zero-order valence-corrected chi connectivity index (χ0v) is 14.7. The molecule has 0 atom stereocenters. The fourth-order valence-corrected chi connectivity index (χ4v) is 4.42. The van der Waals surface area contributed by atoms with Crippen molar-refractivity contribution in [1.29, 1.82) is 0 Å². The molecule has 2 aromatic rings. The first-order valence-electron chi connectivity index (χ1n) is 8.28. The van der Waals surface area contributed by atoms with Gasteiger partial charge in [0.05, 0.1) is 5.75 Å². The third-order valence-electron chi connectivity index (χ3n) is 4.22. The molecule has 3 rings (SSSR count). The highest BCUT2D eigenvalue weighted by molar-refractivity contribution is 7.89. The third kappa shape index (κ3) is 3.76. The molecule has 3 heterocycles. The minimum atomic E-state index is -3.12. The van der Waals surface area contributed by atoms with Gasteiger partial charge in [-0.15, -0.1) is 0 Å². The van der Waals surface area contributed by atoms with Gasteiger partial charge in [0.15, 0.2) is 0 Å². The molecule has 0 saturated carbocycles. The van der Waals surface area contributed by atoms with Crippen LogP contribution in [-0.2, 0) is 10.0 Å². The summed E-state index contributed by atoms with van der Waals surface area (Å²) in [5.74, 6) is 1.89. The van der Waals surface area contributed by atoms with Crippen LogP contribution < -0.4 is 4.90 Å². The van der Waals surface area contributed by atoms with E-state index < -0.39 is 10.0 Å². The number of hydrogen-bond acceptors (Lipinski definition) is 5. The van der Waals surface area contributed by atoms with E-state index in [9.17, 15) is 8.42 Å². The van der Waals surface area contributed by atoms with Gasteiger partial charge in [-0.05, 0) is 18.6 Å². The Kier molecular flexibility index (Phi) is 5.15. The van der Waals surface area contributed by atoms with Crippen LogP contribution in [0.2, 0.25) is 0 Å². The van der Waals surface area contributed by atoms with Crippen LogP contribution in [0.3, 0.4) is 0 Å². The number of anilines is 1. The lowest BCUT2D eigenvalue weighted by atomic mass is 10.3. The molecular formula is C16H23N5O2S. The second-order valence-corrected chi connectivity index (χ2v) is 7.97. The molecule has 1 fully saturated rings. The topological polar surface area (TPSA) is 71.3 Å². The average molecular weight is 349 g/mol. The Labute approximate surface area is 143 Å². The lowest BCUT2D eigenvalue weighted by Gasteiger charge is -2.34. The Balaban J connectivity index is 1.66. The number of sulfonamides is 1. The molecule has 0 aliphatic carbocycles. The number of nitrogens with zero attached hydrogens (tertiary/aromatic N) is 5. The van der Waals surface area contributed by atoms with Crippen molar-refractivity contribution in [3.63, 3.8) is 0 Å². The van der Waals surface area contributed by atoms with Gasteiger partial charge in [0, 0.05) is 44.6 Å². The van der Waals surface area contributed by atoms with Crippen molar-refractivity contribution in [2.45, 2.75) is 19.8 Å². The van der Waals surface area contributed by atoms with Crippen LogP contribution in [0.4, 0.5) is 5.82 Å². The standard InChI is InChI=1S/C16H23N5O2S/c1-2-3-12-24(22,23)21-10-8-20(9-11-21)16-13-15(17-14-18-16)19-6-4-5-7-19/h4-7,13-14H,2-3,8-12H2,1H3. The minimum absolute atomic E-state index is 0.245. The van der Waals surface area contributed by atoms with Gasteiger partial charge in [-0.3, -0.25) is 0 Å². The Morgan fingerprint density at radius 3 is 2.38 bits per heavy atom. The van der Waals surface area contributed by atoms with Gasteiger partial charge >= 0.3 is 0 Å². The molecule has 1 aliphatic heterocycles. The Morgan fingerprint density at radius 1 is 1.04 bits per heavy atom. The SMILES string of the molecule is CCCCS(=O)(=O)N1CCN(c2cc(-n3cccc3)ncn2)CC1. The van der Waals surface area contributed by atoms with Crippen LogP contribution in [0.5, 0.6) is 0 Å². The van der Waals surface area contributed by atoms with Crippen LogP contribution in [-0.4, -0.2) is 59.2 Å². The van der Waals surface area contributed by atoms with Crippen LogP contribution in [0.25, 0.3) is 5.82 Å². The summed E-state index contributed by atoms with van der Waals surface area (Å²) in [6.45, 7) is 4.32. The maximum Gasteiger partial charge on any atom is 0.214 e. The van der Waals surface area contributed by atoms with E-state index in [0.29, 0.717) is 32.6 Å². The Hall–Kier alpha value is -1.93. The van der Waals surface area contributed by atoms with Gasteiger partial charge in [-0.25, -0.2) is 18.4 Å². The first-order valence-corrected chi connectivity index (χ1v) is 9.89.